The fraction of sp³-hybridized carbons (Fsp3) is 0.286. The fourth-order valence-electron chi connectivity index (χ4n) is 2.49. The van der Waals surface area contributed by atoms with Gasteiger partial charge in [-0.15, -0.1) is 0 Å². The average Bonchev–Trinajstić information content (AvgIpc) is 2.71. The van der Waals surface area contributed by atoms with Gasteiger partial charge in [0.25, 0.3) is 5.91 Å². The quantitative estimate of drug-likeness (QED) is 0.401. The molecule has 0 saturated heterocycles. The van der Waals surface area contributed by atoms with E-state index in [4.69, 9.17) is 27.9 Å². The number of hydrogen-bond acceptors (Lipinski definition) is 4. The highest BCUT2D eigenvalue weighted by atomic mass is 35.5. The number of amides is 3. The van der Waals surface area contributed by atoms with E-state index in [1.165, 1.54) is 0 Å². The first-order valence-corrected chi connectivity index (χ1v) is 10.1. The van der Waals surface area contributed by atoms with E-state index in [0.717, 1.165) is 0 Å². The van der Waals surface area contributed by atoms with Crippen LogP contribution in [0.2, 0.25) is 10.0 Å². The predicted octanol–water partition coefficient (Wildman–Crippen LogP) is 3.51. The summed E-state index contributed by atoms with van der Waals surface area (Å²) in [6.07, 6.45) is 0.618. The number of hydrogen-bond donors (Lipinski definition) is 3. The Morgan fingerprint density at radius 2 is 1.70 bits per heavy atom. The molecule has 9 heteroatoms. The summed E-state index contributed by atoms with van der Waals surface area (Å²) in [5, 5.41) is 3.64. The van der Waals surface area contributed by atoms with Crippen LogP contribution in [0.4, 0.5) is 0 Å². The Hall–Kier alpha value is -2.77. The number of halogens is 2. The molecule has 3 amide bonds. The minimum atomic E-state index is -0.409. The maximum atomic E-state index is 12.1. The van der Waals surface area contributed by atoms with Gasteiger partial charge in [0.1, 0.15) is 5.75 Å². The molecule has 0 bridgehead atoms. The van der Waals surface area contributed by atoms with Crippen molar-refractivity contribution >= 4 is 40.9 Å². The van der Waals surface area contributed by atoms with Crippen LogP contribution >= 0.6 is 23.2 Å². The summed E-state index contributed by atoms with van der Waals surface area (Å²) in [5.74, 6) is -0.537. The number of hydrazine groups is 1. The lowest BCUT2D eigenvalue weighted by Crippen LogP contribution is -2.44. The van der Waals surface area contributed by atoms with Crippen molar-refractivity contribution in [3.63, 3.8) is 0 Å². The van der Waals surface area contributed by atoms with Crippen LogP contribution in [-0.2, 0) is 9.59 Å². The standard InChI is InChI=1S/C21H23Cl2N3O4/c1-14(24-21(29)15-6-3-2-4-7-15)12-20(28)26-25-19(27)8-5-11-30-18-10-9-16(22)13-17(18)23/h2-4,6-7,9-10,13-14H,5,8,11-12H2,1H3,(H,24,29)(H,25,27)(H,26,28). The summed E-state index contributed by atoms with van der Waals surface area (Å²) in [4.78, 5) is 35.8. The first-order chi connectivity index (χ1) is 14.3. The van der Waals surface area contributed by atoms with E-state index in [0.29, 0.717) is 27.8 Å². The van der Waals surface area contributed by atoms with E-state index >= 15 is 0 Å². The molecule has 2 aromatic carbocycles. The minimum absolute atomic E-state index is 0.0248. The highest BCUT2D eigenvalue weighted by molar-refractivity contribution is 6.35. The van der Waals surface area contributed by atoms with Crippen molar-refractivity contribution in [1.82, 2.24) is 16.2 Å². The third-order valence-corrected chi connectivity index (χ3v) is 4.48. The van der Waals surface area contributed by atoms with E-state index in [2.05, 4.69) is 16.2 Å². The van der Waals surface area contributed by atoms with Crippen LogP contribution in [-0.4, -0.2) is 30.4 Å². The Kier molecular flexibility index (Phi) is 9.44. The van der Waals surface area contributed by atoms with E-state index in [9.17, 15) is 14.4 Å². The zero-order valence-electron chi connectivity index (χ0n) is 16.4. The molecule has 3 N–H and O–H groups in total. The van der Waals surface area contributed by atoms with Crippen LogP contribution in [0.15, 0.2) is 48.5 Å². The smallest absolute Gasteiger partial charge is 0.251 e. The van der Waals surface area contributed by atoms with Gasteiger partial charge in [-0.05, 0) is 43.7 Å². The Bertz CT molecular complexity index is 878. The normalized spacial score (nSPS) is 11.3. The van der Waals surface area contributed by atoms with Gasteiger partial charge < -0.3 is 10.1 Å². The number of nitrogens with one attached hydrogen (secondary N) is 3. The molecule has 0 aliphatic heterocycles. The maximum Gasteiger partial charge on any atom is 0.251 e. The van der Waals surface area contributed by atoms with Crippen LogP contribution < -0.4 is 20.9 Å². The largest absolute Gasteiger partial charge is 0.492 e. The molecule has 1 unspecified atom stereocenters. The van der Waals surface area contributed by atoms with Gasteiger partial charge in [0, 0.05) is 29.5 Å². The molecule has 2 rings (SSSR count). The molecule has 0 spiro atoms. The predicted molar refractivity (Wildman–Crippen MR) is 115 cm³/mol. The molecule has 2 aromatic rings. The zero-order chi connectivity index (χ0) is 21.9. The summed E-state index contributed by atoms with van der Waals surface area (Å²) in [6.45, 7) is 1.99. The van der Waals surface area contributed by atoms with Crippen molar-refractivity contribution in [2.45, 2.75) is 32.2 Å². The van der Waals surface area contributed by atoms with E-state index in [1.807, 2.05) is 6.07 Å². The van der Waals surface area contributed by atoms with Gasteiger partial charge in [-0.3, -0.25) is 25.2 Å². The molecule has 30 heavy (non-hydrogen) atoms. The van der Waals surface area contributed by atoms with Crippen LogP contribution in [0.1, 0.15) is 36.5 Å². The third kappa shape index (κ3) is 8.31. The second-order valence-corrected chi connectivity index (χ2v) is 7.41. The molecular formula is C21H23Cl2N3O4. The molecule has 1 atom stereocenters. The first-order valence-electron chi connectivity index (χ1n) is 9.36. The number of rotatable bonds is 9. The van der Waals surface area contributed by atoms with Crippen LogP contribution in [0.25, 0.3) is 0 Å². The van der Waals surface area contributed by atoms with Crippen LogP contribution in [0.5, 0.6) is 5.75 Å². The Morgan fingerprint density at radius 3 is 2.40 bits per heavy atom. The number of carbonyl (C=O) groups is 3. The fourth-order valence-corrected chi connectivity index (χ4v) is 2.95. The van der Waals surface area contributed by atoms with Gasteiger partial charge in [-0.25, -0.2) is 0 Å². The lowest BCUT2D eigenvalue weighted by molar-refractivity contribution is -0.129. The molecule has 0 aliphatic carbocycles. The SMILES string of the molecule is CC(CC(=O)NNC(=O)CCCOc1ccc(Cl)cc1Cl)NC(=O)c1ccccc1. The van der Waals surface area contributed by atoms with Crippen molar-refractivity contribution in [2.75, 3.05) is 6.61 Å². The summed E-state index contributed by atoms with van der Waals surface area (Å²) in [7, 11) is 0. The van der Waals surface area contributed by atoms with Crippen molar-refractivity contribution < 1.29 is 19.1 Å². The van der Waals surface area contributed by atoms with Crippen LogP contribution in [0.3, 0.4) is 0 Å². The maximum absolute atomic E-state index is 12.1. The molecule has 0 heterocycles. The summed E-state index contributed by atoms with van der Waals surface area (Å²) < 4.78 is 5.50. The average molecular weight is 452 g/mol. The molecule has 0 aromatic heterocycles. The van der Waals surface area contributed by atoms with E-state index in [-0.39, 0.29) is 31.3 Å². The van der Waals surface area contributed by atoms with E-state index in [1.54, 1.807) is 49.4 Å². The molecule has 0 radical (unpaired) electrons. The molecule has 160 valence electrons. The van der Waals surface area contributed by atoms with Crippen molar-refractivity contribution in [3.05, 3.63) is 64.1 Å². The summed E-state index contributed by atoms with van der Waals surface area (Å²) in [5.41, 5.74) is 5.19. The Balaban J connectivity index is 1.60. The van der Waals surface area contributed by atoms with Gasteiger partial charge in [0.2, 0.25) is 11.8 Å². The monoisotopic (exact) mass is 451 g/mol. The highest BCUT2D eigenvalue weighted by Crippen LogP contribution is 2.27. The van der Waals surface area contributed by atoms with Gasteiger partial charge in [0.15, 0.2) is 0 Å². The van der Waals surface area contributed by atoms with Gasteiger partial charge in [0.05, 0.1) is 11.6 Å². The van der Waals surface area contributed by atoms with Crippen molar-refractivity contribution in [1.29, 1.82) is 0 Å². The van der Waals surface area contributed by atoms with Crippen LogP contribution in [0, 0.1) is 0 Å². The summed E-state index contributed by atoms with van der Waals surface area (Å²) >= 11 is 11.8. The molecule has 0 fully saturated rings. The lowest BCUT2D eigenvalue weighted by atomic mass is 10.2. The van der Waals surface area contributed by atoms with Crippen molar-refractivity contribution in [2.24, 2.45) is 0 Å². The van der Waals surface area contributed by atoms with E-state index < -0.39 is 11.9 Å². The minimum Gasteiger partial charge on any atom is -0.492 e. The second-order valence-electron chi connectivity index (χ2n) is 6.57. The number of benzene rings is 2. The Labute approximate surface area is 185 Å². The molecule has 0 aliphatic rings. The van der Waals surface area contributed by atoms with Gasteiger partial charge in [-0.1, -0.05) is 41.4 Å². The number of carbonyl (C=O) groups excluding carboxylic acids is 3. The number of ether oxygens (including phenoxy) is 1. The molecule has 7 nitrogen and oxygen atoms in total. The first kappa shape index (κ1) is 23.5. The second kappa shape index (κ2) is 12.0. The Morgan fingerprint density at radius 1 is 1.00 bits per heavy atom. The topological polar surface area (TPSA) is 96.5 Å². The third-order valence-electron chi connectivity index (χ3n) is 3.95. The summed E-state index contributed by atoms with van der Waals surface area (Å²) in [6, 6.07) is 13.2. The molecule has 0 saturated carbocycles. The molecular weight excluding hydrogens is 429 g/mol. The zero-order valence-corrected chi connectivity index (χ0v) is 17.9. The van der Waals surface area contributed by atoms with Gasteiger partial charge >= 0.3 is 0 Å². The lowest BCUT2D eigenvalue weighted by Gasteiger charge is -2.14. The van der Waals surface area contributed by atoms with Gasteiger partial charge in [-0.2, -0.15) is 0 Å². The van der Waals surface area contributed by atoms with Crippen molar-refractivity contribution in [3.8, 4) is 5.75 Å². The highest BCUT2D eigenvalue weighted by Gasteiger charge is 2.13.